The first-order valence-electron chi connectivity index (χ1n) is 9.57. The highest BCUT2D eigenvalue weighted by molar-refractivity contribution is 5.83. The van der Waals surface area contributed by atoms with Crippen molar-refractivity contribution in [1.82, 2.24) is 15.0 Å². The van der Waals surface area contributed by atoms with Crippen LogP contribution in [-0.2, 0) is 11.3 Å². The molecule has 2 atom stereocenters. The molecule has 0 radical (unpaired) electrons. The first-order valence-corrected chi connectivity index (χ1v) is 9.57. The Hall–Kier alpha value is -2.55. The van der Waals surface area contributed by atoms with E-state index in [9.17, 15) is 18.0 Å². The lowest BCUT2D eigenvalue weighted by Crippen LogP contribution is -2.48. The predicted molar refractivity (Wildman–Crippen MR) is 97.1 cm³/mol. The lowest BCUT2D eigenvalue weighted by molar-refractivity contribution is -0.274. The molecule has 9 heteroatoms. The summed E-state index contributed by atoms with van der Waals surface area (Å²) in [6.45, 7) is 5.42. The summed E-state index contributed by atoms with van der Waals surface area (Å²) >= 11 is 0. The van der Waals surface area contributed by atoms with Gasteiger partial charge in [0.15, 0.2) is 5.76 Å². The van der Waals surface area contributed by atoms with Gasteiger partial charge in [-0.3, -0.25) is 9.69 Å². The van der Waals surface area contributed by atoms with E-state index in [0.717, 1.165) is 36.5 Å². The average Bonchev–Trinajstić information content (AvgIpc) is 3.37. The van der Waals surface area contributed by atoms with Gasteiger partial charge >= 0.3 is 6.36 Å². The largest absolute Gasteiger partial charge is 0.573 e. The first kappa shape index (κ1) is 19.8. The highest BCUT2D eigenvalue weighted by Gasteiger charge is 2.46. The monoisotopic (exact) mass is 409 g/mol. The van der Waals surface area contributed by atoms with Crippen LogP contribution in [0.1, 0.15) is 29.4 Å². The summed E-state index contributed by atoms with van der Waals surface area (Å²) in [6, 6.07) is 7.73. The van der Waals surface area contributed by atoms with Crippen molar-refractivity contribution in [2.45, 2.75) is 32.2 Å². The maximum atomic E-state index is 12.8. The Kier molecular flexibility index (Phi) is 5.24. The molecule has 2 heterocycles. The summed E-state index contributed by atoms with van der Waals surface area (Å²) < 4.78 is 45.9. The number of alkyl halides is 3. The van der Waals surface area contributed by atoms with E-state index < -0.39 is 6.36 Å². The molecule has 1 aliphatic heterocycles. The minimum Gasteiger partial charge on any atom is -0.406 e. The smallest absolute Gasteiger partial charge is 0.406 e. The third-order valence-electron chi connectivity index (χ3n) is 5.39. The second kappa shape index (κ2) is 7.70. The van der Waals surface area contributed by atoms with Gasteiger partial charge in [0, 0.05) is 38.2 Å². The topological polar surface area (TPSA) is 58.8 Å². The van der Waals surface area contributed by atoms with Crippen molar-refractivity contribution in [2.75, 3.05) is 26.2 Å². The third kappa shape index (κ3) is 4.90. The number of carbonyl (C=O) groups is 1. The SMILES string of the molecule is Cc1cc(CN2CCN(C(=O)[C@@H]3C[C@H]3c3ccc(OC(F)(F)F)cc3)CC2)on1. The molecule has 2 aromatic rings. The molecule has 6 nitrogen and oxygen atoms in total. The summed E-state index contributed by atoms with van der Waals surface area (Å²) in [7, 11) is 0. The number of nitrogens with zero attached hydrogens (tertiary/aromatic N) is 3. The summed E-state index contributed by atoms with van der Waals surface area (Å²) in [5, 5.41) is 3.89. The van der Waals surface area contributed by atoms with Gasteiger partial charge in [-0.25, -0.2) is 0 Å². The molecule has 0 unspecified atom stereocenters. The van der Waals surface area contributed by atoms with Gasteiger partial charge in [0.2, 0.25) is 5.91 Å². The zero-order chi connectivity index (χ0) is 20.6. The second-order valence-corrected chi connectivity index (χ2v) is 7.60. The maximum absolute atomic E-state index is 12.8. The van der Waals surface area contributed by atoms with Gasteiger partial charge in [-0.15, -0.1) is 13.2 Å². The standard InChI is InChI=1S/C20H22F3N3O3/c1-13-10-16(29-24-13)12-25-6-8-26(9-7-25)19(27)18-11-17(18)14-2-4-15(5-3-14)28-20(21,22)23/h2-5,10,17-18H,6-9,11-12H2,1H3/t17-,18+/m0/s1. The van der Waals surface area contributed by atoms with Crippen LogP contribution in [0.3, 0.4) is 0 Å². The fourth-order valence-electron chi connectivity index (χ4n) is 3.83. The van der Waals surface area contributed by atoms with E-state index in [1.54, 1.807) is 12.1 Å². The number of piperazine rings is 1. The van der Waals surface area contributed by atoms with Crippen LogP contribution in [0.15, 0.2) is 34.9 Å². The maximum Gasteiger partial charge on any atom is 0.573 e. The van der Waals surface area contributed by atoms with Crippen LogP contribution in [0.4, 0.5) is 13.2 Å². The molecule has 0 bridgehead atoms. The van der Waals surface area contributed by atoms with Crippen molar-refractivity contribution >= 4 is 5.91 Å². The molecule has 1 aliphatic carbocycles. The highest BCUT2D eigenvalue weighted by Crippen LogP contribution is 2.48. The van der Waals surface area contributed by atoms with Gasteiger partial charge in [-0.05, 0) is 37.0 Å². The van der Waals surface area contributed by atoms with Gasteiger partial charge in [0.1, 0.15) is 5.75 Å². The Balaban J connectivity index is 1.26. The normalized spacial score (nSPS) is 22.6. The highest BCUT2D eigenvalue weighted by atomic mass is 19.4. The molecule has 0 N–H and O–H groups in total. The Bertz CT molecular complexity index is 858. The molecule has 1 saturated carbocycles. The van der Waals surface area contributed by atoms with E-state index in [1.807, 2.05) is 17.9 Å². The summed E-state index contributed by atoms with van der Waals surface area (Å²) in [5.41, 5.74) is 1.73. The number of aromatic nitrogens is 1. The lowest BCUT2D eigenvalue weighted by atomic mass is 10.1. The van der Waals surface area contributed by atoms with E-state index in [1.165, 1.54) is 12.1 Å². The number of aryl methyl sites for hydroxylation is 1. The van der Waals surface area contributed by atoms with Crippen LogP contribution in [0.25, 0.3) is 0 Å². The second-order valence-electron chi connectivity index (χ2n) is 7.60. The number of amides is 1. The summed E-state index contributed by atoms with van der Waals surface area (Å²) in [5.74, 6) is 0.677. The van der Waals surface area contributed by atoms with Crippen LogP contribution in [0, 0.1) is 12.8 Å². The zero-order valence-corrected chi connectivity index (χ0v) is 16.0. The molecular weight excluding hydrogens is 387 g/mol. The number of ether oxygens (including phenoxy) is 1. The molecule has 156 valence electrons. The van der Waals surface area contributed by atoms with Crippen LogP contribution in [-0.4, -0.2) is 53.4 Å². The molecule has 1 aromatic carbocycles. The van der Waals surface area contributed by atoms with Crippen molar-refractivity contribution in [2.24, 2.45) is 5.92 Å². The van der Waals surface area contributed by atoms with Crippen molar-refractivity contribution in [1.29, 1.82) is 0 Å². The zero-order valence-electron chi connectivity index (χ0n) is 16.0. The fraction of sp³-hybridized carbons (Fsp3) is 0.500. The van der Waals surface area contributed by atoms with E-state index in [-0.39, 0.29) is 23.5 Å². The van der Waals surface area contributed by atoms with Crippen molar-refractivity contribution in [3.63, 3.8) is 0 Å². The first-order chi connectivity index (χ1) is 13.8. The molecule has 1 saturated heterocycles. The van der Waals surface area contributed by atoms with Crippen LogP contribution >= 0.6 is 0 Å². The van der Waals surface area contributed by atoms with Crippen LogP contribution < -0.4 is 4.74 Å². The summed E-state index contributed by atoms with van der Waals surface area (Å²) in [4.78, 5) is 16.9. The van der Waals surface area contributed by atoms with Crippen LogP contribution in [0.5, 0.6) is 5.75 Å². The average molecular weight is 409 g/mol. The van der Waals surface area contributed by atoms with E-state index in [4.69, 9.17) is 4.52 Å². The number of carbonyl (C=O) groups excluding carboxylic acids is 1. The lowest BCUT2D eigenvalue weighted by Gasteiger charge is -2.34. The molecule has 1 amide bonds. The number of hydrogen-bond acceptors (Lipinski definition) is 5. The fourth-order valence-corrected chi connectivity index (χ4v) is 3.83. The number of hydrogen-bond donors (Lipinski definition) is 0. The van der Waals surface area contributed by atoms with E-state index in [0.29, 0.717) is 19.6 Å². The molecule has 29 heavy (non-hydrogen) atoms. The Labute approximate surface area is 166 Å². The number of benzene rings is 1. The molecule has 4 rings (SSSR count). The van der Waals surface area contributed by atoms with E-state index >= 15 is 0 Å². The van der Waals surface area contributed by atoms with Gasteiger partial charge in [0.05, 0.1) is 12.2 Å². The molecule has 2 aliphatic rings. The van der Waals surface area contributed by atoms with E-state index in [2.05, 4.69) is 14.8 Å². The Morgan fingerprint density at radius 1 is 1.21 bits per heavy atom. The van der Waals surface area contributed by atoms with Crippen molar-refractivity contribution in [3.05, 3.63) is 47.3 Å². The minimum atomic E-state index is -4.70. The van der Waals surface area contributed by atoms with Crippen molar-refractivity contribution in [3.8, 4) is 5.75 Å². The third-order valence-corrected chi connectivity index (χ3v) is 5.39. The molecule has 1 aromatic heterocycles. The quantitative estimate of drug-likeness (QED) is 0.758. The van der Waals surface area contributed by atoms with Gasteiger partial charge in [-0.1, -0.05) is 17.3 Å². The predicted octanol–water partition coefficient (Wildman–Crippen LogP) is 3.33. The van der Waals surface area contributed by atoms with Gasteiger partial charge in [0.25, 0.3) is 0 Å². The van der Waals surface area contributed by atoms with Crippen LogP contribution in [0.2, 0.25) is 0 Å². The van der Waals surface area contributed by atoms with Crippen molar-refractivity contribution < 1.29 is 27.2 Å². The van der Waals surface area contributed by atoms with Gasteiger partial charge in [-0.2, -0.15) is 0 Å². The molecular formula is C20H22F3N3O3. The molecule has 0 spiro atoms. The Morgan fingerprint density at radius 2 is 1.90 bits per heavy atom. The number of halogens is 3. The summed E-state index contributed by atoms with van der Waals surface area (Å²) in [6.07, 6.45) is -3.97. The Morgan fingerprint density at radius 3 is 2.48 bits per heavy atom. The molecule has 2 fully saturated rings. The minimum absolute atomic E-state index is 0.0673. The van der Waals surface area contributed by atoms with Gasteiger partial charge < -0.3 is 14.2 Å². The number of rotatable bonds is 5.